The highest BCUT2D eigenvalue weighted by Crippen LogP contribution is 2.30. The summed E-state index contributed by atoms with van der Waals surface area (Å²) >= 11 is 0. The zero-order valence-corrected chi connectivity index (χ0v) is 27.1. The highest BCUT2D eigenvalue weighted by Gasteiger charge is 2.19. The SMILES string of the molecule is Cc1cc(C)c(C(C)(C)C)c(C)c1.Cc1ccc(C(C)(C)C)cc1C.Cc1cccc(C)c1C(C)(C)C. The predicted molar refractivity (Wildman–Crippen MR) is 169 cm³/mol. The number of aryl methyl sites for hydroxylation is 7. The standard InChI is InChI=1S/C13H20.2C12H18/c1-9-7-10(2)12(11(3)8-9)13(4,5)6;1-9-6-7-11(8-10(9)2)12(3,4)5;1-9-7-6-8-10(2)11(9)12(3,4)5/h7-8H,1-6H3;2*6-8H,1-5H3. The summed E-state index contributed by atoms with van der Waals surface area (Å²) in [7, 11) is 0. The van der Waals surface area contributed by atoms with Crippen molar-refractivity contribution in [2.75, 3.05) is 0 Å². The quantitative estimate of drug-likeness (QED) is 0.288. The Hall–Kier alpha value is -2.34. The lowest BCUT2D eigenvalue weighted by Gasteiger charge is -2.24. The van der Waals surface area contributed by atoms with E-state index in [1.807, 2.05) is 0 Å². The van der Waals surface area contributed by atoms with Crippen LogP contribution in [0.4, 0.5) is 0 Å². The van der Waals surface area contributed by atoms with E-state index in [2.05, 4.69) is 159 Å². The van der Waals surface area contributed by atoms with Crippen molar-refractivity contribution in [3.8, 4) is 0 Å². The van der Waals surface area contributed by atoms with Gasteiger partial charge in [0, 0.05) is 0 Å². The van der Waals surface area contributed by atoms with Gasteiger partial charge in [0.15, 0.2) is 0 Å². The molecule has 0 heterocycles. The summed E-state index contributed by atoms with van der Waals surface area (Å²) in [5.74, 6) is 0. The minimum atomic E-state index is 0.266. The van der Waals surface area contributed by atoms with Gasteiger partial charge in [0.2, 0.25) is 0 Å². The Kier molecular flexibility index (Phi) is 11.0. The van der Waals surface area contributed by atoms with Crippen LogP contribution < -0.4 is 0 Å². The number of hydrogen-bond donors (Lipinski definition) is 0. The minimum absolute atomic E-state index is 0.266. The molecule has 37 heavy (non-hydrogen) atoms. The summed E-state index contributed by atoms with van der Waals surface area (Å²) in [6, 6.07) is 17.8. The van der Waals surface area contributed by atoms with Crippen LogP contribution in [0.5, 0.6) is 0 Å². The van der Waals surface area contributed by atoms with Crippen LogP contribution in [0, 0.1) is 48.5 Å². The third-order valence-electron chi connectivity index (χ3n) is 7.03. The van der Waals surface area contributed by atoms with Gasteiger partial charge in [-0.3, -0.25) is 0 Å². The van der Waals surface area contributed by atoms with E-state index in [9.17, 15) is 0 Å². The van der Waals surface area contributed by atoms with E-state index in [1.54, 1.807) is 0 Å². The van der Waals surface area contributed by atoms with Crippen molar-refractivity contribution < 1.29 is 0 Å². The largest absolute Gasteiger partial charge is 0.0617 e. The first-order valence-corrected chi connectivity index (χ1v) is 13.9. The van der Waals surface area contributed by atoms with Gasteiger partial charge in [0.25, 0.3) is 0 Å². The summed E-state index contributed by atoms with van der Waals surface area (Å²) in [5, 5.41) is 0. The number of benzene rings is 3. The summed E-state index contributed by atoms with van der Waals surface area (Å²) in [6.45, 7) is 35.6. The van der Waals surface area contributed by atoms with E-state index in [-0.39, 0.29) is 16.2 Å². The van der Waals surface area contributed by atoms with Crippen molar-refractivity contribution in [2.45, 2.75) is 127 Å². The van der Waals surface area contributed by atoms with Crippen LogP contribution in [-0.2, 0) is 16.2 Å². The van der Waals surface area contributed by atoms with Crippen LogP contribution in [0.2, 0.25) is 0 Å². The molecule has 0 bridgehead atoms. The lowest BCUT2D eigenvalue weighted by molar-refractivity contribution is 0.581. The number of rotatable bonds is 0. The topological polar surface area (TPSA) is 0 Å². The molecule has 0 nitrogen and oxygen atoms in total. The summed E-state index contributed by atoms with van der Waals surface area (Å²) < 4.78 is 0. The molecule has 0 unspecified atom stereocenters. The number of hydrogen-bond acceptors (Lipinski definition) is 0. The second-order valence-electron chi connectivity index (χ2n) is 14.1. The first-order chi connectivity index (χ1) is 16.7. The van der Waals surface area contributed by atoms with Crippen LogP contribution >= 0.6 is 0 Å². The molecule has 0 aliphatic rings. The van der Waals surface area contributed by atoms with E-state index in [0.29, 0.717) is 0 Å². The van der Waals surface area contributed by atoms with E-state index in [0.717, 1.165) is 0 Å². The molecule has 0 radical (unpaired) electrons. The van der Waals surface area contributed by atoms with Crippen molar-refractivity contribution in [3.05, 3.63) is 104 Å². The maximum absolute atomic E-state index is 2.29. The zero-order valence-electron chi connectivity index (χ0n) is 27.1. The van der Waals surface area contributed by atoms with Gasteiger partial charge in [-0.2, -0.15) is 0 Å². The smallest absolute Gasteiger partial charge is 0.0127 e. The Morgan fingerprint density at radius 3 is 1.11 bits per heavy atom. The summed E-state index contributed by atoms with van der Waals surface area (Å²) in [4.78, 5) is 0. The van der Waals surface area contributed by atoms with Gasteiger partial charge in [-0.05, 0) is 115 Å². The average Bonchev–Trinajstić information content (AvgIpc) is 2.67. The molecule has 0 saturated carbocycles. The van der Waals surface area contributed by atoms with E-state index in [4.69, 9.17) is 0 Å². The van der Waals surface area contributed by atoms with Crippen molar-refractivity contribution in [1.82, 2.24) is 0 Å². The van der Waals surface area contributed by atoms with Crippen molar-refractivity contribution >= 4 is 0 Å². The highest BCUT2D eigenvalue weighted by atomic mass is 14.2. The van der Waals surface area contributed by atoms with E-state index >= 15 is 0 Å². The van der Waals surface area contributed by atoms with Crippen molar-refractivity contribution in [3.63, 3.8) is 0 Å². The average molecular weight is 501 g/mol. The van der Waals surface area contributed by atoms with Gasteiger partial charge in [0.1, 0.15) is 0 Å². The maximum atomic E-state index is 2.29. The van der Waals surface area contributed by atoms with Gasteiger partial charge in [-0.25, -0.2) is 0 Å². The van der Waals surface area contributed by atoms with E-state index in [1.165, 1.54) is 55.6 Å². The molecule has 0 amide bonds. The molecule has 0 saturated heterocycles. The Morgan fingerprint density at radius 1 is 0.378 bits per heavy atom. The molecule has 0 spiro atoms. The molecular weight excluding hydrogens is 444 g/mol. The van der Waals surface area contributed by atoms with Crippen LogP contribution in [0.3, 0.4) is 0 Å². The second-order valence-corrected chi connectivity index (χ2v) is 14.1. The first kappa shape index (κ1) is 32.7. The molecule has 204 valence electrons. The lowest BCUT2D eigenvalue weighted by atomic mass is 9.80. The van der Waals surface area contributed by atoms with Crippen molar-refractivity contribution in [2.24, 2.45) is 0 Å². The summed E-state index contributed by atoms with van der Waals surface area (Å²) in [5.41, 5.74) is 15.0. The first-order valence-electron chi connectivity index (χ1n) is 13.9. The molecule has 0 atom stereocenters. The molecule has 0 aliphatic carbocycles. The Labute approximate surface area is 230 Å². The molecule has 0 N–H and O–H groups in total. The molecular formula is C37H56. The van der Waals surface area contributed by atoms with Crippen LogP contribution in [0.15, 0.2) is 48.5 Å². The maximum Gasteiger partial charge on any atom is -0.0127 e. The van der Waals surface area contributed by atoms with Gasteiger partial charge in [-0.1, -0.05) is 116 Å². The fraction of sp³-hybridized carbons (Fsp3) is 0.514. The Balaban J connectivity index is 0.000000278. The van der Waals surface area contributed by atoms with Gasteiger partial charge in [-0.15, -0.1) is 0 Å². The normalized spacial score (nSPS) is 11.8. The lowest BCUT2D eigenvalue weighted by Crippen LogP contribution is -2.15. The van der Waals surface area contributed by atoms with Crippen LogP contribution in [0.25, 0.3) is 0 Å². The van der Waals surface area contributed by atoms with Crippen LogP contribution in [-0.4, -0.2) is 0 Å². The van der Waals surface area contributed by atoms with E-state index < -0.39 is 0 Å². The van der Waals surface area contributed by atoms with Crippen molar-refractivity contribution in [1.29, 1.82) is 0 Å². The molecule has 3 aromatic carbocycles. The summed E-state index contributed by atoms with van der Waals surface area (Å²) in [6.07, 6.45) is 0. The zero-order chi connectivity index (χ0) is 28.9. The Bertz CT molecular complexity index is 1120. The molecule has 3 aromatic rings. The molecule has 3 rings (SSSR count). The van der Waals surface area contributed by atoms with Crippen LogP contribution in [0.1, 0.15) is 118 Å². The van der Waals surface area contributed by atoms with Gasteiger partial charge in [0.05, 0.1) is 0 Å². The molecule has 0 fully saturated rings. The minimum Gasteiger partial charge on any atom is -0.0617 e. The van der Waals surface area contributed by atoms with Gasteiger partial charge >= 0.3 is 0 Å². The van der Waals surface area contributed by atoms with Gasteiger partial charge < -0.3 is 0 Å². The predicted octanol–water partition coefficient (Wildman–Crippen LogP) is 11.1. The third kappa shape index (κ3) is 9.81. The third-order valence-corrected chi connectivity index (χ3v) is 7.03. The fourth-order valence-corrected chi connectivity index (χ4v) is 5.57. The highest BCUT2D eigenvalue weighted by molar-refractivity contribution is 5.41. The molecule has 0 aliphatic heterocycles. The second kappa shape index (κ2) is 12.5. The molecule has 0 aromatic heterocycles. The Morgan fingerprint density at radius 2 is 0.784 bits per heavy atom. The molecule has 0 heteroatoms. The fourth-order valence-electron chi connectivity index (χ4n) is 5.57. The monoisotopic (exact) mass is 500 g/mol.